The summed E-state index contributed by atoms with van der Waals surface area (Å²) in [5.41, 5.74) is 1.33. The molecule has 7 aliphatic rings. The van der Waals surface area contributed by atoms with Gasteiger partial charge in [0, 0.05) is 18.0 Å². The molecule has 0 aromatic rings. The number of hydrogen-bond acceptors (Lipinski definition) is 5. The first-order valence-corrected chi connectivity index (χ1v) is 21.7. The number of likely N-dealkylation sites (tertiary alicyclic amines) is 1. The molecular formula is C45H72N2O5. The zero-order valence-corrected chi connectivity index (χ0v) is 33.7. The molecule has 1 amide bonds. The fourth-order valence-corrected chi connectivity index (χ4v) is 15.4. The van der Waals surface area contributed by atoms with Crippen LogP contribution in [-0.2, 0) is 19.1 Å². The monoisotopic (exact) mass is 721 g/mol. The number of hydrogen-bond donors (Lipinski definition) is 2. The minimum absolute atomic E-state index is 0.0595. The van der Waals surface area contributed by atoms with Gasteiger partial charge in [-0.2, -0.15) is 0 Å². The van der Waals surface area contributed by atoms with Crippen LogP contribution in [0.15, 0.2) is 12.2 Å². The molecule has 292 valence electrons. The van der Waals surface area contributed by atoms with Gasteiger partial charge in [-0.05, 0) is 168 Å². The highest BCUT2D eigenvalue weighted by molar-refractivity contribution is 5.84. The summed E-state index contributed by atoms with van der Waals surface area (Å²) in [6.45, 7) is 23.0. The third kappa shape index (κ3) is 6.21. The number of amides is 1. The van der Waals surface area contributed by atoms with E-state index in [2.05, 4.69) is 58.3 Å². The number of rotatable bonds is 9. The van der Waals surface area contributed by atoms with Gasteiger partial charge in [0.15, 0.2) is 0 Å². The quantitative estimate of drug-likeness (QED) is 0.182. The van der Waals surface area contributed by atoms with E-state index in [1.807, 2.05) is 0 Å². The minimum Gasteiger partial charge on any atom is -0.481 e. The number of allylic oxidation sites excluding steroid dienone is 1. The van der Waals surface area contributed by atoms with Crippen molar-refractivity contribution < 1.29 is 24.2 Å². The van der Waals surface area contributed by atoms with Crippen molar-refractivity contribution in [2.75, 3.05) is 19.6 Å². The Morgan fingerprint density at radius 2 is 1.56 bits per heavy atom. The van der Waals surface area contributed by atoms with Gasteiger partial charge in [-0.1, -0.05) is 53.2 Å². The molecule has 7 heteroatoms. The average Bonchev–Trinajstić information content (AvgIpc) is 3.71. The maximum Gasteiger partial charge on any atom is 0.306 e. The second kappa shape index (κ2) is 14.0. The highest BCUT2D eigenvalue weighted by Gasteiger charge is 2.72. The summed E-state index contributed by atoms with van der Waals surface area (Å²) in [6, 6.07) is 0.327. The lowest BCUT2D eigenvalue weighted by Crippen LogP contribution is -2.67. The van der Waals surface area contributed by atoms with Crippen LogP contribution in [0.25, 0.3) is 0 Å². The Kier molecular flexibility index (Phi) is 10.3. The summed E-state index contributed by atoms with van der Waals surface area (Å²) < 4.78 is 6.07. The zero-order valence-electron chi connectivity index (χ0n) is 33.7. The number of esters is 1. The Morgan fingerprint density at radius 1 is 0.808 bits per heavy atom. The maximum absolute atomic E-state index is 14.8. The molecule has 7 fully saturated rings. The first-order valence-electron chi connectivity index (χ1n) is 21.7. The van der Waals surface area contributed by atoms with E-state index in [1.54, 1.807) is 0 Å². The highest BCUT2D eigenvalue weighted by Crippen LogP contribution is 2.77. The SMILES string of the molecule is C=C(C)[C@@H]1CC[C@]2(C(=O)NC3CCC(CN4CCCCC4)C3)CC[C@]3(C)[C@H](CC[C@@H]4[C@@]5(C)CC[C@H](OC(=O)CCC(=O)O)C(C)(C)[C@@H]5CC[C@]43C)[C@@H]12. The molecule has 7 rings (SSSR count). The normalized spacial score (nSPS) is 45.5. The Bertz CT molecular complexity index is 1400. The fourth-order valence-electron chi connectivity index (χ4n) is 15.4. The molecule has 6 saturated carbocycles. The summed E-state index contributed by atoms with van der Waals surface area (Å²) in [5.74, 6) is 2.11. The van der Waals surface area contributed by atoms with Crippen molar-refractivity contribution in [1.82, 2.24) is 10.2 Å². The summed E-state index contributed by atoms with van der Waals surface area (Å²) >= 11 is 0. The van der Waals surface area contributed by atoms with Crippen molar-refractivity contribution in [2.45, 2.75) is 169 Å². The van der Waals surface area contributed by atoms with E-state index in [9.17, 15) is 14.4 Å². The molecule has 2 N–H and O–H groups in total. The molecule has 12 atom stereocenters. The van der Waals surface area contributed by atoms with E-state index in [4.69, 9.17) is 9.84 Å². The van der Waals surface area contributed by atoms with Crippen molar-refractivity contribution in [1.29, 1.82) is 0 Å². The van der Waals surface area contributed by atoms with Gasteiger partial charge in [-0.3, -0.25) is 14.4 Å². The smallest absolute Gasteiger partial charge is 0.306 e. The summed E-state index contributed by atoms with van der Waals surface area (Å²) in [5, 5.41) is 12.9. The number of carbonyl (C=O) groups is 3. The molecule has 1 aliphatic heterocycles. The standard InChI is InChI=1S/C45H72N2O5/c1-29(2)32-17-22-45(40(51)46-31-12-11-30(27-31)28-47-25-9-8-10-26-47)24-23-43(6)33(39(32)45)13-14-35-42(5)20-19-36(52-38(50)16-15-37(48)49)41(3,4)34(42)18-21-44(35,43)7/h30-36,39H,1,8-28H2,2-7H3,(H,46,51)(H,48,49)/t30?,31?,32-,33+,34-,35+,36-,39+,42-,43+,44+,45-/m0/s1. The van der Waals surface area contributed by atoms with Crippen molar-refractivity contribution >= 4 is 17.8 Å². The van der Waals surface area contributed by atoms with Crippen LogP contribution >= 0.6 is 0 Å². The Labute approximate surface area is 315 Å². The molecule has 0 aromatic heterocycles. The van der Waals surface area contributed by atoms with Gasteiger partial charge >= 0.3 is 11.9 Å². The molecule has 52 heavy (non-hydrogen) atoms. The van der Waals surface area contributed by atoms with E-state index >= 15 is 0 Å². The van der Waals surface area contributed by atoms with Crippen LogP contribution in [0, 0.1) is 62.6 Å². The van der Waals surface area contributed by atoms with Crippen LogP contribution in [0.3, 0.4) is 0 Å². The Balaban J connectivity index is 1.09. The fraction of sp³-hybridized carbons (Fsp3) is 0.889. The molecule has 6 aliphatic carbocycles. The van der Waals surface area contributed by atoms with Crippen LogP contribution < -0.4 is 5.32 Å². The molecule has 7 nitrogen and oxygen atoms in total. The summed E-state index contributed by atoms with van der Waals surface area (Å²) in [6.07, 6.45) is 18.0. The predicted octanol–water partition coefficient (Wildman–Crippen LogP) is 9.19. The molecular weight excluding hydrogens is 649 g/mol. The van der Waals surface area contributed by atoms with Gasteiger partial charge < -0.3 is 20.1 Å². The molecule has 2 unspecified atom stereocenters. The molecule has 0 bridgehead atoms. The van der Waals surface area contributed by atoms with Crippen LogP contribution in [0.1, 0.15) is 157 Å². The Hall–Kier alpha value is -1.89. The first-order chi connectivity index (χ1) is 24.5. The summed E-state index contributed by atoms with van der Waals surface area (Å²) in [4.78, 5) is 41.4. The highest BCUT2D eigenvalue weighted by atomic mass is 16.5. The van der Waals surface area contributed by atoms with Gasteiger partial charge in [-0.25, -0.2) is 0 Å². The second-order valence-corrected chi connectivity index (χ2v) is 20.8. The van der Waals surface area contributed by atoms with E-state index in [-0.39, 0.29) is 52.0 Å². The lowest BCUT2D eigenvalue weighted by molar-refractivity contribution is -0.249. The maximum atomic E-state index is 14.8. The number of nitrogens with zero attached hydrogens (tertiary/aromatic N) is 1. The van der Waals surface area contributed by atoms with Crippen molar-refractivity contribution in [3.8, 4) is 0 Å². The molecule has 1 heterocycles. The number of nitrogens with one attached hydrogen (secondary N) is 1. The zero-order chi connectivity index (χ0) is 37.3. The number of aliphatic carboxylic acids is 1. The largest absolute Gasteiger partial charge is 0.481 e. The molecule has 0 aromatic carbocycles. The molecule has 0 radical (unpaired) electrons. The molecule has 1 saturated heterocycles. The van der Waals surface area contributed by atoms with Crippen LogP contribution in [-0.4, -0.2) is 59.6 Å². The predicted molar refractivity (Wildman–Crippen MR) is 205 cm³/mol. The third-order valence-electron chi connectivity index (χ3n) is 18.1. The van der Waals surface area contributed by atoms with Crippen LogP contribution in [0.4, 0.5) is 0 Å². The van der Waals surface area contributed by atoms with Crippen molar-refractivity contribution in [2.24, 2.45) is 62.6 Å². The van der Waals surface area contributed by atoms with E-state index in [0.29, 0.717) is 47.5 Å². The Morgan fingerprint density at radius 3 is 2.27 bits per heavy atom. The van der Waals surface area contributed by atoms with Gasteiger partial charge in [0.05, 0.1) is 18.3 Å². The van der Waals surface area contributed by atoms with E-state index in [1.165, 1.54) is 70.2 Å². The summed E-state index contributed by atoms with van der Waals surface area (Å²) in [7, 11) is 0. The topological polar surface area (TPSA) is 95.9 Å². The van der Waals surface area contributed by atoms with Gasteiger partial charge in [0.25, 0.3) is 0 Å². The minimum atomic E-state index is -0.957. The lowest BCUT2D eigenvalue weighted by atomic mass is 9.32. The van der Waals surface area contributed by atoms with Crippen molar-refractivity contribution in [3.63, 3.8) is 0 Å². The van der Waals surface area contributed by atoms with Crippen molar-refractivity contribution in [3.05, 3.63) is 12.2 Å². The average molecular weight is 721 g/mol. The number of carbonyl (C=O) groups excluding carboxylic acids is 2. The van der Waals surface area contributed by atoms with Gasteiger partial charge in [0.2, 0.25) is 5.91 Å². The van der Waals surface area contributed by atoms with Gasteiger partial charge in [0.1, 0.15) is 6.10 Å². The number of carboxylic acid groups (broad SMARTS) is 1. The number of ether oxygens (including phenoxy) is 1. The van der Waals surface area contributed by atoms with E-state index < -0.39 is 5.97 Å². The van der Waals surface area contributed by atoms with Gasteiger partial charge in [-0.15, -0.1) is 0 Å². The molecule has 0 spiro atoms. The van der Waals surface area contributed by atoms with Crippen LogP contribution in [0.5, 0.6) is 0 Å². The first kappa shape index (κ1) is 38.4. The third-order valence-corrected chi connectivity index (χ3v) is 18.1. The number of carboxylic acids is 1. The number of piperidine rings is 1. The van der Waals surface area contributed by atoms with Crippen LogP contribution in [0.2, 0.25) is 0 Å². The number of fused-ring (bicyclic) bond motifs is 7. The lowest BCUT2D eigenvalue weighted by Gasteiger charge is -2.72. The second-order valence-electron chi connectivity index (χ2n) is 20.8. The van der Waals surface area contributed by atoms with E-state index in [0.717, 1.165) is 57.8 Å².